The van der Waals surface area contributed by atoms with Crippen LogP contribution in [0.2, 0.25) is 0 Å². The average molecular weight is 269 g/mol. The van der Waals surface area contributed by atoms with Crippen molar-refractivity contribution in [2.45, 2.75) is 12.8 Å². The van der Waals surface area contributed by atoms with Crippen LogP contribution in [0.25, 0.3) is 0 Å². The number of likely N-dealkylation sites (tertiary alicyclic amines) is 1. The zero-order valence-corrected chi connectivity index (χ0v) is 11.4. The van der Waals surface area contributed by atoms with Crippen molar-refractivity contribution in [3.63, 3.8) is 0 Å². The number of halogens is 2. The zero-order valence-electron chi connectivity index (χ0n) is 11.4. The third-order valence-electron chi connectivity index (χ3n) is 3.72. The molecule has 1 aliphatic heterocycles. The number of anilines is 2. The molecule has 2 rings (SSSR count). The number of nitrogen functional groups attached to an aromatic ring is 1. The Bertz CT molecular complexity index is 437. The van der Waals surface area contributed by atoms with Crippen molar-refractivity contribution in [1.82, 2.24) is 4.90 Å². The second-order valence-corrected chi connectivity index (χ2v) is 5.42. The van der Waals surface area contributed by atoms with Gasteiger partial charge in [-0.15, -0.1) is 0 Å². The van der Waals surface area contributed by atoms with Crippen LogP contribution in [0.1, 0.15) is 18.4 Å². The van der Waals surface area contributed by atoms with E-state index in [2.05, 4.69) is 11.9 Å². The standard InChI is InChI=1S/C14H21F2N3/c1-18-6-5-10(8-18)9-19(2)13-4-3-11(17)7-12(13)14(15)16/h3-4,7,10,14H,5-6,8-9,17H2,1-2H3. The molecule has 0 radical (unpaired) electrons. The van der Waals surface area contributed by atoms with Gasteiger partial charge in [-0.05, 0) is 44.1 Å². The lowest BCUT2D eigenvalue weighted by atomic mass is 10.1. The van der Waals surface area contributed by atoms with Crippen LogP contribution in [0.4, 0.5) is 20.2 Å². The second-order valence-electron chi connectivity index (χ2n) is 5.42. The molecule has 1 saturated heterocycles. The predicted octanol–water partition coefficient (Wildman–Crippen LogP) is 2.59. The minimum atomic E-state index is -2.49. The number of benzene rings is 1. The summed E-state index contributed by atoms with van der Waals surface area (Å²) >= 11 is 0. The predicted molar refractivity (Wildman–Crippen MR) is 74.7 cm³/mol. The molecule has 19 heavy (non-hydrogen) atoms. The quantitative estimate of drug-likeness (QED) is 0.853. The van der Waals surface area contributed by atoms with Crippen LogP contribution in [0.15, 0.2) is 18.2 Å². The van der Waals surface area contributed by atoms with Gasteiger partial charge in [0.25, 0.3) is 6.43 Å². The summed E-state index contributed by atoms with van der Waals surface area (Å²) in [5.41, 5.74) is 6.58. The lowest BCUT2D eigenvalue weighted by Crippen LogP contribution is -2.28. The first-order valence-corrected chi connectivity index (χ1v) is 6.54. The van der Waals surface area contributed by atoms with Crippen molar-refractivity contribution in [3.05, 3.63) is 23.8 Å². The van der Waals surface area contributed by atoms with Gasteiger partial charge >= 0.3 is 0 Å². The number of hydrogen-bond donors (Lipinski definition) is 1. The first-order valence-electron chi connectivity index (χ1n) is 6.54. The fourth-order valence-corrected chi connectivity index (χ4v) is 2.76. The Hall–Kier alpha value is -1.36. The molecule has 1 unspecified atom stereocenters. The van der Waals surface area contributed by atoms with Crippen molar-refractivity contribution in [2.24, 2.45) is 5.92 Å². The molecule has 1 aromatic rings. The average Bonchev–Trinajstić information content (AvgIpc) is 2.74. The van der Waals surface area contributed by atoms with Gasteiger partial charge in [-0.2, -0.15) is 0 Å². The van der Waals surface area contributed by atoms with Crippen LogP contribution >= 0.6 is 0 Å². The maximum Gasteiger partial charge on any atom is 0.265 e. The van der Waals surface area contributed by atoms with Crippen molar-refractivity contribution < 1.29 is 8.78 Å². The highest BCUT2D eigenvalue weighted by Crippen LogP contribution is 2.32. The zero-order chi connectivity index (χ0) is 14.0. The van der Waals surface area contributed by atoms with E-state index < -0.39 is 6.43 Å². The fourth-order valence-electron chi connectivity index (χ4n) is 2.76. The molecule has 3 nitrogen and oxygen atoms in total. The van der Waals surface area contributed by atoms with Gasteiger partial charge in [0.15, 0.2) is 0 Å². The molecule has 0 bridgehead atoms. The lowest BCUT2D eigenvalue weighted by molar-refractivity contribution is 0.152. The summed E-state index contributed by atoms with van der Waals surface area (Å²) in [4.78, 5) is 4.19. The van der Waals surface area contributed by atoms with Gasteiger partial charge in [-0.3, -0.25) is 0 Å². The van der Waals surface area contributed by atoms with Gasteiger partial charge in [0, 0.05) is 37.1 Å². The molecule has 1 aliphatic rings. The van der Waals surface area contributed by atoms with Gasteiger partial charge < -0.3 is 15.5 Å². The Morgan fingerprint density at radius 1 is 1.47 bits per heavy atom. The highest BCUT2D eigenvalue weighted by molar-refractivity contribution is 5.59. The molecule has 0 amide bonds. The molecule has 1 atom stereocenters. The number of nitrogens with two attached hydrogens (primary N) is 1. The first-order chi connectivity index (χ1) is 8.97. The molecular weight excluding hydrogens is 248 g/mol. The number of hydrogen-bond acceptors (Lipinski definition) is 3. The molecule has 1 aromatic carbocycles. The van der Waals surface area contributed by atoms with Crippen LogP contribution in [-0.2, 0) is 0 Å². The van der Waals surface area contributed by atoms with Crippen molar-refractivity contribution >= 4 is 11.4 Å². The topological polar surface area (TPSA) is 32.5 Å². The highest BCUT2D eigenvalue weighted by atomic mass is 19.3. The molecule has 106 valence electrons. The van der Waals surface area contributed by atoms with Gasteiger partial charge in [-0.1, -0.05) is 0 Å². The molecule has 2 N–H and O–H groups in total. The maximum atomic E-state index is 13.1. The van der Waals surface area contributed by atoms with Crippen LogP contribution in [0.5, 0.6) is 0 Å². The Kier molecular flexibility index (Phi) is 4.24. The summed E-state index contributed by atoms with van der Waals surface area (Å²) in [5, 5.41) is 0. The maximum absolute atomic E-state index is 13.1. The highest BCUT2D eigenvalue weighted by Gasteiger charge is 2.23. The Labute approximate surface area is 113 Å². The summed E-state index contributed by atoms with van der Waals surface area (Å²) in [7, 11) is 3.96. The number of nitrogens with zero attached hydrogens (tertiary/aromatic N) is 2. The van der Waals surface area contributed by atoms with Crippen LogP contribution < -0.4 is 10.6 Å². The lowest BCUT2D eigenvalue weighted by Gasteiger charge is -2.25. The summed E-state index contributed by atoms with van der Waals surface area (Å²) in [6.45, 7) is 2.92. The molecule has 5 heteroatoms. The second kappa shape index (κ2) is 5.74. The van der Waals surface area contributed by atoms with E-state index in [1.807, 2.05) is 11.9 Å². The van der Waals surface area contributed by atoms with Crippen LogP contribution in [0.3, 0.4) is 0 Å². The third kappa shape index (κ3) is 3.35. The Morgan fingerprint density at radius 3 is 2.79 bits per heavy atom. The Morgan fingerprint density at radius 2 is 2.21 bits per heavy atom. The van der Waals surface area contributed by atoms with Gasteiger partial charge in [0.1, 0.15) is 0 Å². The smallest absolute Gasteiger partial charge is 0.265 e. The molecule has 1 heterocycles. The van der Waals surface area contributed by atoms with E-state index in [9.17, 15) is 8.78 Å². The number of alkyl halides is 2. The van der Waals surface area contributed by atoms with Crippen LogP contribution in [-0.4, -0.2) is 38.6 Å². The van der Waals surface area contributed by atoms with E-state index >= 15 is 0 Å². The summed E-state index contributed by atoms with van der Waals surface area (Å²) < 4.78 is 26.1. The molecule has 0 aromatic heterocycles. The van der Waals surface area contributed by atoms with Crippen molar-refractivity contribution in [2.75, 3.05) is 44.4 Å². The molecule has 0 saturated carbocycles. The van der Waals surface area contributed by atoms with E-state index in [4.69, 9.17) is 5.73 Å². The molecule has 1 fully saturated rings. The Balaban J connectivity index is 2.12. The largest absolute Gasteiger partial charge is 0.399 e. The van der Waals surface area contributed by atoms with E-state index in [0.717, 1.165) is 26.1 Å². The van der Waals surface area contributed by atoms with E-state index in [1.54, 1.807) is 12.1 Å². The van der Waals surface area contributed by atoms with Gasteiger partial charge in [0.2, 0.25) is 0 Å². The monoisotopic (exact) mass is 269 g/mol. The van der Waals surface area contributed by atoms with E-state index in [-0.39, 0.29) is 5.56 Å². The number of rotatable bonds is 4. The summed E-state index contributed by atoms with van der Waals surface area (Å²) in [6.07, 6.45) is -1.37. The summed E-state index contributed by atoms with van der Waals surface area (Å²) in [5.74, 6) is 0.540. The summed E-state index contributed by atoms with van der Waals surface area (Å²) in [6, 6.07) is 4.74. The van der Waals surface area contributed by atoms with Gasteiger partial charge in [-0.25, -0.2) is 8.78 Å². The van der Waals surface area contributed by atoms with E-state index in [1.165, 1.54) is 6.07 Å². The van der Waals surface area contributed by atoms with Crippen molar-refractivity contribution in [1.29, 1.82) is 0 Å². The van der Waals surface area contributed by atoms with Gasteiger partial charge in [0.05, 0.1) is 0 Å². The van der Waals surface area contributed by atoms with Crippen LogP contribution in [0, 0.1) is 5.92 Å². The minimum Gasteiger partial charge on any atom is -0.399 e. The molecule has 0 aliphatic carbocycles. The SMILES string of the molecule is CN1CCC(CN(C)c2ccc(N)cc2C(F)F)C1. The third-order valence-corrected chi connectivity index (χ3v) is 3.72. The first kappa shape index (κ1) is 14.1. The molecule has 0 spiro atoms. The van der Waals surface area contributed by atoms with E-state index in [0.29, 0.717) is 17.3 Å². The van der Waals surface area contributed by atoms with Crippen molar-refractivity contribution in [3.8, 4) is 0 Å². The fraction of sp³-hybridized carbons (Fsp3) is 0.571. The normalized spacial score (nSPS) is 20.2. The minimum absolute atomic E-state index is 0.0221. The molecular formula is C14H21F2N3.